The molecule has 0 saturated carbocycles. The topological polar surface area (TPSA) is 50.4 Å². The van der Waals surface area contributed by atoms with E-state index in [0.29, 0.717) is 0 Å². The fourth-order valence-electron chi connectivity index (χ4n) is 0.227. The zero-order valence-electron chi connectivity index (χ0n) is 5.78. The first-order chi connectivity index (χ1) is 4.77. The van der Waals surface area contributed by atoms with Crippen molar-refractivity contribution < 1.29 is 14.3 Å². The molecule has 0 aliphatic heterocycles. The number of carboxylic acids is 1. The predicted molar refractivity (Wildman–Crippen MR) is 36.6 cm³/mol. The van der Waals surface area contributed by atoms with Gasteiger partial charge < -0.3 is 9.52 Å². The Morgan fingerprint density at radius 3 is 2.00 bits per heavy atom. The van der Waals surface area contributed by atoms with Gasteiger partial charge in [0, 0.05) is 6.42 Å². The van der Waals surface area contributed by atoms with Gasteiger partial charge in [0.25, 0.3) is 0 Å². The van der Waals surface area contributed by atoms with Crippen LogP contribution in [-0.4, -0.2) is 11.1 Å². The molecule has 0 aliphatic carbocycles. The Hall–Kier alpha value is -1.25. The molecule has 3 heteroatoms. The van der Waals surface area contributed by atoms with E-state index in [4.69, 9.17) is 5.11 Å². The molecule has 1 aromatic heterocycles. The molecule has 56 valence electrons. The van der Waals surface area contributed by atoms with Gasteiger partial charge in [0.05, 0.1) is 12.5 Å². The SMILES string of the molecule is CCC(=O)O.c1ccoc1. The van der Waals surface area contributed by atoms with E-state index >= 15 is 0 Å². The highest BCUT2D eigenvalue weighted by Gasteiger charge is 1.80. The lowest BCUT2D eigenvalue weighted by molar-refractivity contribution is -0.136. The van der Waals surface area contributed by atoms with Crippen LogP contribution in [0.25, 0.3) is 0 Å². The molecular weight excluding hydrogens is 132 g/mol. The van der Waals surface area contributed by atoms with Crippen LogP contribution in [0, 0.1) is 0 Å². The van der Waals surface area contributed by atoms with Crippen LogP contribution in [0.3, 0.4) is 0 Å². The summed E-state index contributed by atoms with van der Waals surface area (Å²) in [6.45, 7) is 1.60. The van der Waals surface area contributed by atoms with Crippen molar-refractivity contribution in [2.45, 2.75) is 13.3 Å². The molecule has 1 N–H and O–H groups in total. The number of carboxylic acid groups (broad SMARTS) is 1. The number of furan rings is 1. The maximum atomic E-state index is 9.37. The lowest BCUT2D eigenvalue weighted by Gasteiger charge is -1.71. The first-order valence-corrected chi connectivity index (χ1v) is 2.96. The third-order valence-corrected chi connectivity index (χ3v) is 0.728. The van der Waals surface area contributed by atoms with Crippen LogP contribution >= 0.6 is 0 Å². The zero-order valence-corrected chi connectivity index (χ0v) is 5.78. The first-order valence-electron chi connectivity index (χ1n) is 2.96. The molecule has 0 radical (unpaired) electrons. The summed E-state index contributed by atoms with van der Waals surface area (Å²) in [6.07, 6.45) is 3.47. The van der Waals surface area contributed by atoms with Crippen LogP contribution in [0.2, 0.25) is 0 Å². The van der Waals surface area contributed by atoms with Crippen LogP contribution in [0.1, 0.15) is 13.3 Å². The van der Waals surface area contributed by atoms with E-state index < -0.39 is 5.97 Å². The number of rotatable bonds is 1. The number of aliphatic carboxylic acids is 1. The molecule has 1 heterocycles. The highest BCUT2D eigenvalue weighted by Crippen LogP contribution is 1.79. The summed E-state index contributed by atoms with van der Waals surface area (Å²) in [6, 6.07) is 3.67. The molecule has 0 amide bonds. The third-order valence-electron chi connectivity index (χ3n) is 0.728. The van der Waals surface area contributed by atoms with Gasteiger partial charge in [0.2, 0.25) is 0 Å². The van der Waals surface area contributed by atoms with Gasteiger partial charge in [-0.25, -0.2) is 0 Å². The third kappa shape index (κ3) is 6.75. The molecule has 0 atom stereocenters. The van der Waals surface area contributed by atoms with Crippen molar-refractivity contribution in [3.8, 4) is 0 Å². The molecule has 0 bridgehead atoms. The Morgan fingerprint density at radius 2 is 1.90 bits per heavy atom. The second kappa shape index (κ2) is 5.88. The van der Waals surface area contributed by atoms with Crippen molar-refractivity contribution in [1.29, 1.82) is 0 Å². The maximum absolute atomic E-state index is 9.37. The van der Waals surface area contributed by atoms with Crippen molar-refractivity contribution in [3.63, 3.8) is 0 Å². The summed E-state index contributed by atoms with van der Waals surface area (Å²) in [5, 5.41) is 7.72. The van der Waals surface area contributed by atoms with Crippen molar-refractivity contribution in [1.82, 2.24) is 0 Å². The highest BCUT2D eigenvalue weighted by atomic mass is 16.4. The largest absolute Gasteiger partial charge is 0.481 e. The van der Waals surface area contributed by atoms with E-state index in [1.54, 1.807) is 19.5 Å². The smallest absolute Gasteiger partial charge is 0.303 e. The quantitative estimate of drug-likeness (QED) is 0.650. The van der Waals surface area contributed by atoms with Crippen molar-refractivity contribution >= 4 is 5.97 Å². The van der Waals surface area contributed by atoms with E-state index in [2.05, 4.69) is 4.42 Å². The number of carbonyl (C=O) groups is 1. The fraction of sp³-hybridized carbons (Fsp3) is 0.286. The van der Waals surface area contributed by atoms with E-state index in [9.17, 15) is 4.79 Å². The molecule has 0 unspecified atom stereocenters. The van der Waals surface area contributed by atoms with Gasteiger partial charge in [-0.15, -0.1) is 0 Å². The molecule has 1 aromatic rings. The van der Waals surface area contributed by atoms with Gasteiger partial charge in [0.15, 0.2) is 0 Å². The zero-order chi connectivity index (χ0) is 7.82. The molecule has 0 spiro atoms. The van der Waals surface area contributed by atoms with Crippen LogP contribution in [-0.2, 0) is 4.79 Å². The van der Waals surface area contributed by atoms with Gasteiger partial charge >= 0.3 is 5.97 Å². The maximum Gasteiger partial charge on any atom is 0.303 e. The molecule has 0 aliphatic rings. The van der Waals surface area contributed by atoms with E-state index in [0.717, 1.165) is 0 Å². The minimum atomic E-state index is -0.745. The molecule has 1 rings (SSSR count). The van der Waals surface area contributed by atoms with E-state index in [-0.39, 0.29) is 6.42 Å². The van der Waals surface area contributed by atoms with E-state index in [1.807, 2.05) is 12.1 Å². The second-order valence-corrected chi connectivity index (χ2v) is 1.54. The van der Waals surface area contributed by atoms with Crippen LogP contribution in [0.5, 0.6) is 0 Å². The molecule has 0 aromatic carbocycles. The van der Waals surface area contributed by atoms with Gasteiger partial charge in [-0.05, 0) is 12.1 Å². The second-order valence-electron chi connectivity index (χ2n) is 1.54. The Morgan fingerprint density at radius 1 is 1.50 bits per heavy atom. The fourth-order valence-corrected chi connectivity index (χ4v) is 0.227. The Labute approximate surface area is 59.3 Å². The summed E-state index contributed by atoms with van der Waals surface area (Å²) in [5.74, 6) is -0.745. The standard InChI is InChI=1S/C4H4O.C3H6O2/c1-2-4-5-3-1;1-2-3(4)5/h1-4H;2H2,1H3,(H,4,5). The molecule has 3 nitrogen and oxygen atoms in total. The van der Waals surface area contributed by atoms with Crippen LogP contribution < -0.4 is 0 Å². The van der Waals surface area contributed by atoms with Gasteiger partial charge in [-0.3, -0.25) is 4.79 Å². The van der Waals surface area contributed by atoms with Crippen LogP contribution in [0.15, 0.2) is 29.1 Å². The highest BCUT2D eigenvalue weighted by molar-refractivity contribution is 5.66. The Kier molecular flexibility index (Phi) is 5.14. The summed E-state index contributed by atoms with van der Waals surface area (Å²) < 4.78 is 4.58. The van der Waals surface area contributed by atoms with Crippen LogP contribution in [0.4, 0.5) is 0 Å². The molecule has 10 heavy (non-hydrogen) atoms. The minimum Gasteiger partial charge on any atom is -0.481 e. The van der Waals surface area contributed by atoms with Crippen molar-refractivity contribution in [2.75, 3.05) is 0 Å². The summed E-state index contributed by atoms with van der Waals surface area (Å²) in [5.41, 5.74) is 0. The van der Waals surface area contributed by atoms with Crippen molar-refractivity contribution in [2.24, 2.45) is 0 Å². The number of hydrogen-bond acceptors (Lipinski definition) is 2. The Bertz CT molecular complexity index is 138. The molecule has 0 saturated heterocycles. The van der Waals surface area contributed by atoms with Gasteiger partial charge in [0.1, 0.15) is 0 Å². The Balaban J connectivity index is 0.000000162. The normalized spacial score (nSPS) is 7.70. The minimum absolute atomic E-state index is 0.222. The molecule has 0 fully saturated rings. The average Bonchev–Trinajstić information content (AvgIpc) is 2.43. The predicted octanol–water partition coefficient (Wildman–Crippen LogP) is 1.76. The average molecular weight is 142 g/mol. The van der Waals surface area contributed by atoms with Crippen molar-refractivity contribution in [3.05, 3.63) is 24.7 Å². The first kappa shape index (κ1) is 8.75. The van der Waals surface area contributed by atoms with Gasteiger partial charge in [-0.2, -0.15) is 0 Å². The molecular formula is C7H10O3. The van der Waals surface area contributed by atoms with Gasteiger partial charge in [-0.1, -0.05) is 6.92 Å². The summed E-state index contributed by atoms with van der Waals surface area (Å²) in [4.78, 5) is 9.37. The number of hydrogen-bond donors (Lipinski definition) is 1. The summed E-state index contributed by atoms with van der Waals surface area (Å²) >= 11 is 0. The lowest BCUT2D eigenvalue weighted by Crippen LogP contribution is -1.86. The van der Waals surface area contributed by atoms with E-state index in [1.165, 1.54) is 0 Å². The lowest BCUT2D eigenvalue weighted by atomic mass is 10.5. The summed E-state index contributed by atoms with van der Waals surface area (Å²) in [7, 11) is 0. The monoisotopic (exact) mass is 142 g/mol.